The molecule has 1 aromatic heterocycles. The van der Waals surface area contributed by atoms with Crippen molar-refractivity contribution in [3.63, 3.8) is 0 Å². The minimum Gasteiger partial charge on any atom is -0.456 e. The number of carbonyl (C=O) groups excluding carboxylic acids is 1. The molecule has 0 radical (unpaired) electrons. The second kappa shape index (κ2) is 8.55. The van der Waals surface area contributed by atoms with Gasteiger partial charge in [-0.3, -0.25) is 14.9 Å². The van der Waals surface area contributed by atoms with Gasteiger partial charge in [0.05, 0.1) is 4.92 Å². The Morgan fingerprint density at radius 3 is 2.62 bits per heavy atom. The summed E-state index contributed by atoms with van der Waals surface area (Å²) in [5.74, 6) is 0.802. The van der Waals surface area contributed by atoms with Gasteiger partial charge in [-0.15, -0.1) is 10.2 Å². The molecule has 8 heteroatoms. The van der Waals surface area contributed by atoms with E-state index in [1.54, 1.807) is 0 Å². The summed E-state index contributed by atoms with van der Waals surface area (Å²) in [5.41, 5.74) is 0.554. The highest BCUT2D eigenvalue weighted by Crippen LogP contribution is 2.27. The van der Waals surface area contributed by atoms with E-state index in [0.29, 0.717) is 17.9 Å². The summed E-state index contributed by atoms with van der Waals surface area (Å²) in [6, 6.07) is 5.80. The summed E-state index contributed by atoms with van der Waals surface area (Å²) in [4.78, 5) is 22.0. The molecule has 0 spiro atoms. The van der Waals surface area contributed by atoms with Crippen LogP contribution in [0.1, 0.15) is 50.8 Å². The molecule has 0 saturated heterocycles. The van der Waals surface area contributed by atoms with Crippen molar-refractivity contribution in [3.05, 3.63) is 40.3 Å². The summed E-state index contributed by atoms with van der Waals surface area (Å²) in [5, 5.41) is 18.4. The summed E-state index contributed by atoms with van der Waals surface area (Å²) in [6.07, 6.45) is 7.51. The van der Waals surface area contributed by atoms with E-state index < -0.39 is 4.92 Å². The maximum Gasteiger partial charge on any atom is 0.306 e. The third-order valence-electron chi connectivity index (χ3n) is 4.63. The number of esters is 1. The largest absolute Gasteiger partial charge is 0.456 e. The van der Waals surface area contributed by atoms with E-state index in [4.69, 9.17) is 9.15 Å². The molecular weight excluding hydrogens is 338 g/mol. The zero-order valence-corrected chi connectivity index (χ0v) is 14.4. The number of nitro benzene ring substituents is 1. The Labute approximate surface area is 150 Å². The molecule has 1 fully saturated rings. The first-order valence-electron chi connectivity index (χ1n) is 8.84. The average Bonchev–Trinajstić information content (AvgIpc) is 3.14. The number of aromatic nitrogens is 2. The van der Waals surface area contributed by atoms with Crippen LogP contribution in [0.2, 0.25) is 0 Å². The fourth-order valence-corrected chi connectivity index (χ4v) is 3.17. The summed E-state index contributed by atoms with van der Waals surface area (Å²) >= 11 is 0. The first kappa shape index (κ1) is 18.0. The third kappa shape index (κ3) is 4.87. The van der Waals surface area contributed by atoms with E-state index in [-0.39, 0.29) is 30.0 Å². The monoisotopic (exact) mass is 359 g/mol. The topological polar surface area (TPSA) is 108 Å². The van der Waals surface area contributed by atoms with E-state index in [0.717, 1.165) is 6.42 Å². The average molecular weight is 359 g/mol. The first-order chi connectivity index (χ1) is 12.6. The molecule has 2 aromatic rings. The van der Waals surface area contributed by atoms with Crippen LogP contribution in [0.25, 0.3) is 11.5 Å². The maximum atomic E-state index is 11.9. The Balaban J connectivity index is 1.47. The molecule has 26 heavy (non-hydrogen) atoms. The number of rotatable bonds is 7. The molecule has 0 N–H and O–H groups in total. The van der Waals surface area contributed by atoms with Crippen LogP contribution in [0.4, 0.5) is 5.69 Å². The van der Waals surface area contributed by atoms with Gasteiger partial charge in [-0.2, -0.15) is 0 Å². The van der Waals surface area contributed by atoms with Gasteiger partial charge in [-0.1, -0.05) is 32.1 Å². The van der Waals surface area contributed by atoms with Crippen LogP contribution in [0, 0.1) is 16.0 Å². The van der Waals surface area contributed by atoms with Crippen molar-refractivity contribution in [1.29, 1.82) is 0 Å². The summed E-state index contributed by atoms with van der Waals surface area (Å²) in [6.45, 7) is -0.0660. The van der Waals surface area contributed by atoms with Crippen LogP contribution in [-0.2, 0) is 16.1 Å². The highest BCUT2D eigenvalue weighted by molar-refractivity contribution is 5.69. The molecule has 1 aromatic carbocycles. The zero-order chi connectivity index (χ0) is 18.4. The maximum absolute atomic E-state index is 11.9. The summed E-state index contributed by atoms with van der Waals surface area (Å²) in [7, 11) is 0. The second-order valence-corrected chi connectivity index (χ2v) is 6.51. The number of hydrogen-bond acceptors (Lipinski definition) is 7. The zero-order valence-electron chi connectivity index (χ0n) is 14.4. The van der Waals surface area contributed by atoms with Gasteiger partial charge >= 0.3 is 5.97 Å². The smallest absolute Gasteiger partial charge is 0.306 e. The standard InChI is InChI=1S/C18H21N3O5/c22-17(11-6-13-4-2-1-3-5-13)25-12-16-19-20-18(26-16)14-7-9-15(10-8-14)21(23)24/h7-10,13H,1-6,11-12H2. The molecule has 0 bridgehead atoms. The lowest BCUT2D eigenvalue weighted by Crippen LogP contribution is -2.11. The van der Waals surface area contributed by atoms with E-state index in [1.165, 1.54) is 56.4 Å². The number of ether oxygens (including phenoxy) is 1. The highest BCUT2D eigenvalue weighted by Gasteiger charge is 2.16. The molecule has 0 atom stereocenters. The first-order valence-corrected chi connectivity index (χ1v) is 8.84. The normalized spacial score (nSPS) is 14.9. The minimum atomic E-state index is -0.476. The Bertz CT molecular complexity index is 750. The molecule has 1 saturated carbocycles. The van der Waals surface area contributed by atoms with Crippen LogP contribution in [-0.4, -0.2) is 21.1 Å². The lowest BCUT2D eigenvalue weighted by atomic mass is 9.86. The molecule has 0 amide bonds. The lowest BCUT2D eigenvalue weighted by molar-refractivity contribution is -0.384. The van der Waals surface area contributed by atoms with Gasteiger partial charge in [0.15, 0.2) is 6.61 Å². The molecular formula is C18H21N3O5. The van der Waals surface area contributed by atoms with Crippen molar-refractivity contribution in [2.75, 3.05) is 0 Å². The van der Waals surface area contributed by atoms with Gasteiger partial charge in [0.1, 0.15) is 0 Å². The van der Waals surface area contributed by atoms with E-state index >= 15 is 0 Å². The number of nitro groups is 1. The fourth-order valence-electron chi connectivity index (χ4n) is 3.17. The molecule has 138 valence electrons. The van der Waals surface area contributed by atoms with E-state index in [2.05, 4.69) is 10.2 Å². The second-order valence-electron chi connectivity index (χ2n) is 6.51. The number of non-ortho nitro benzene ring substituents is 1. The number of benzene rings is 1. The Kier molecular flexibility index (Phi) is 5.93. The molecule has 0 unspecified atom stereocenters. The predicted octanol–water partition coefficient (Wildman–Crippen LogP) is 4.05. The van der Waals surface area contributed by atoms with Crippen LogP contribution in [0.5, 0.6) is 0 Å². The van der Waals surface area contributed by atoms with Gasteiger partial charge in [0.25, 0.3) is 11.6 Å². The predicted molar refractivity (Wildman–Crippen MR) is 92.0 cm³/mol. The van der Waals surface area contributed by atoms with Crippen LogP contribution in [0.15, 0.2) is 28.7 Å². The van der Waals surface area contributed by atoms with Gasteiger partial charge in [0, 0.05) is 24.1 Å². The van der Waals surface area contributed by atoms with Crippen molar-refractivity contribution in [2.24, 2.45) is 5.92 Å². The van der Waals surface area contributed by atoms with Crippen LogP contribution in [0.3, 0.4) is 0 Å². The van der Waals surface area contributed by atoms with Gasteiger partial charge in [-0.25, -0.2) is 0 Å². The number of nitrogens with zero attached hydrogens (tertiary/aromatic N) is 3. The fraction of sp³-hybridized carbons (Fsp3) is 0.500. The van der Waals surface area contributed by atoms with Gasteiger partial charge < -0.3 is 9.15 Å². The molecule has 3 rings (SSSR count). The van der Waals surface area contributed by atoms with E-state index in [9.17, 15) is 14.9 Å². The van der Waals surface area contributed by atoms with Crippen LogP contribution >= 0.6 is 0 Å². The minimum absolute atomic E-state index is 0.0135. The molecule has 1 heterocycles. The Hall–Kier alpha value is -2.77. The SMILES string of the molecule is O=C(CCC1CCCCC1)OCc1nnc(-c2ccc([N+](=O)[O-])cc2)o1. The Morgan fingerprint density at radius 2 is 1.92 bits per heavy atom. The van der Waals surface area contributed by atoms with Gasteiger partial charge in [-0.05, 0) is 24.5 Å². The number of hydrogen-bond donors (Lipinski definition) is 0. The lowest BCUT2D eigenvalue weighted by Gasteiger charge is -2.20. The van der Waals surface area contributed by atoms with Crippen molar-refractivity contribution in [3.8, 4) is 11.5 Å². The van der Waals surface area contributed by atoms with Gasteiger partial charge in [0.2, 0.25) is 5.89 Å². The highest BCUT2D eigenvalue weighted by atomic mass is 16.6. The van der Waals surface area contributed by atoms with Crippen molar-refractivity contribution < 1.29 is 18.9 Å². The van der Waals surface area contributed by atoms with Crippen LogP contribution < -0.4 is 0 Å². The van der Waals surface area contributed by atoms with Crippen molar-refractivity contribution in [1.82, 2.24) is 10.2 Å². The quantitative estimate of drug-likeness (QED) is 0.417. The van der Waals surface area contributed by atoms with E-state index in [1.807, 2.05) is 0 Å². The molecule has 0 aliphatic heterocycles. The molecule has 1 aliphatic carbocycles. The van der Waals surface area contributed by atoms with Crippen molar-refractivity contribution in [2.45, 2.75) is 51.6 Å². The molecule has 8 nitrogen and oxygen atoms in total. The third-order valence-corrected chi connectivity index (χ3v) is 4.63. The molecule has 1 aliphatic rings. The van der Waals surface area contributed by atoms with Crippen molar-refractivity contribution >= 4 is 11.7 Å². The summed E-state index contributed by atoms with van der Waals surface area (Å²) < 4.78 is 10.6. The Morgan fingerprint density at radius 1 is 1.19 bits per heavy atom. The number of carbonyl (C=O) groups is 1.